The maximum atomic E-state index is 12.5. The summed E-state index contributed by atoms with van der Waals surface area (Å²) in [5.41, 5.74) is 3.89. The first-order valence-electron chi connectivity index (χ1n) is 8.75. The van der Waals surface area contributed by atoms with Crippen LogP contribution < -0.4 is 15.5 Å². The van der Waals surface area contributed by atoms with Gasteiger partial charge in [0.05, 0.1) is 16.0 Å². The number of halogens is 1. The van der Waals surface area contributed by atoms with Gasteiger partial charge in [-0.2, -0.15) is 0 Å². The van der Waals surface area contributed by atoms with Crippen LogP contribution in [0.4, 0.5) is 9.93 Å². The molecule has 1 unspecified atom stereocenters. The number of anilines is 1. The number of benzene rings is 2. The van der Waals surface area contributed by atoms with E-state index < -0.39 is 17.4 Å². The molecule has 1 aromatic heterocycles. The van der Waals surface area contributed by atoms with Crippen LogP contribution in [0.25, 0.3) is 10.2 Å². The number of thiazole rings is 1. The van der Waals surface area contributed by atoms with Crippen LogP contribution in [0.1, 0.15) is 17.9 Å². The number of hydrazine groups is 1. The second-order valence-electron chi connectivity index (χ2n) is 6.26. The molecule has 2 N–H and O–H groups in total. The number of rotatable bonds is 4. The van der Waals surface area contributed by atoms with Gasteiger partial charge in [0.1, 0.15) is 11.1 Å². The summed E-state index contributed by atoms with van der Waals surface area (Å²) in [6.45, 7) is 1.30. The summed E-state index contributed by atoms with van der Waals surface area (Å²) in [5.74, 6) is -0.217. The van der Waals surface area contributed by atoms with Crippen molar-refractivity contribution in [1.29, 1.82) is 0 Å². The molecule has 1 fully saturated rings. The van der Waals surface area contributed by atoms with E-state index >= 15 is 0 Å². The van der Waals surface area contributed by atoms with Gasteiger partial charge in [0.2, 0.25) is 0 Å². The molecule has 8 nitrogen and oxygen atoms in total. The summed E-state index contributed by atoms with van der Waals surface area (Å²) >= 11 is 8.58. The Kier molecular flexibility index (Phi) is 5.80. The van der Waals surface area contributed by atoms with Crippen LogP contribution in [-0.4, -0.2) is 33.7 Å². The maximum absolute atomic E-state index is 12.5. The molecule has 2 aromatic carbocycles. The van der Waals surface area contributed by atoms with Gasteiger partial charge in [-0.15, -0.1) is 11.8 Å². The SMILES string of the molecule is CC(=O)Oc1ccccc1C1SCC(=O)N1NC(=O)Nc1nc2ccc(Cl)cc2s1. The average molecular weight is 463 g/mol. The first-order valence-corrected chi connectivity index (χ1v) is 11.0. The van der Waals surface area contributed by atoms with E-state index in [2.05, 4.69) is 15.7 Å². The number of fused-ring (bicyclic) bond motifs is 1. The molecule has 11 heteroatoms. The van der Waals surface area contributed by atoms with E-state index in [-0.39, 0.29) is 11.7 Å². The predicted octanol–water partition coefficient (Wildman–Crippen LogP) is 4.19. The molecule has 1 aliphatic heterocycles. The summed E-state index contributed by atoms with van der Waals surface area (Å²) in [5, 5.41) is 4.29. The Morgan fingerprint density at radius 1 is 1.27 bits per heavy atom. The third-order valence-corrected chi connectivity index (χ3v) is 6.46. The van der Waals surface area contributed by atoms with Crippen molar-refractivity contribution >= 4 is 68.0 Å². The van der Waals surface area contributed by atoms with Crippen molar-refractivity contribution in [2.45, 2.75) is 12.3 Å². The van der Waals surface area contributed by atoms with Crippen molar-refractivity contribution in [2.75, 3.05) is 11.1 Å². The molecule has 0 bridgehead atoms. The van der Waals surface area contributed by atoms with E-state index in [0.29, 0.717) is 27.0 Å². The van der Waals surface area contributed by atoms with Crippen LogP contribution >= 0.6 is 34.7 Å². The predicted molar refractivity (Wildman–Crippen MR) is 117 cm³/mol. The number of hydrogen-bond donors (Lipinski definition) is 2. The third kappa shape index (κ3) is 4.35. The number of urea groups is 1. The Labute approximate surface area is 184 Å². The van der Waals surface area contributed by atoms with E-state index in [1.165, 1.54) is 35.0 Å². The van der Waals surface area contributed by atoms with Crippen molar-refractivity contribution in [3.63, 3.8) is 0 Å². The van der Waals surface area contributed by atoms with Gasteiger partial charge < -0.3 is 4.74 Å². The van der Waals surface area contributed by atoms with Gasteiger partial charge in [0.25, 0.3) is 5.91 Å². The molecule has 1 aliphatic rings. The Morgan fingerprint density at radius 3 is 2.87 bits per heavy atom. The number of aromatic nitrogens is 1. The molecule has 30 heavy (non-hydrogen) atoms. The lowest BCUT2D eigenvalue weighted by atomic mass is 10.2. The molecule has 0 saturated carbocycles. The Bertz CT molecular complexity index is 1150. The second kappa shape index (κ2) is 8.50. The van der Waals surface area contributed by atoms with Crippen molar-refractivity contribution in [3.05, 3.63) is 53.1 Å². The van der Waals surface area contributed by atoms with E-state index in [1.807, 2.05) is 0 Å². The van der Waals surface area contributed by atoms with Gasteiger partial charge in [-0.3, -0.25) is 14.9 Å². The number of para-hydroxylation sites is 1. The minimum absolute atomic E-state index is 0.180. The van der Waals surface area contributed by atoms with Crippen molar-refractivity contribution in [1.82, 2.24) is 15.4 Å². The van der Waals surface area contributed by atoms with E-state index in [4.69, 9.17) is 16.3 Å². The third-order valence-electron chi connectivity index (χ3n) is 4.10. The number of carbonyl (C=O) groups is 3. The van der Waals surface area contributed by atoms with Gasteiger partial charge >= 0.3 is 12.0 Å². The lowest BCUT2D eigenvalue weighted by Gasteiger charge is -2.25. The highest BCUT2D eigenvalue weighted by Crippen LogP contribution is 2.41. The Hall–Kier alpha value is -2.82. The topological polar surface area (TPSA) is 101 Å². The first kappa shape index (κ1) is 20.5. The highest BCUT2D eigenvalue weighted by molar-refractivity contribution is 8.00. The van der Waals surface area contributed by atoms with E-state index in [9.17, 15) is 14.4 Å². The van der Waals surface area contributed by atoms with Crippen LogP contribution in [0.5, 0.6) is 5.75 Å². The van der Waals surface area contributed by atoms with Crippen LogP contribution in [-0.2, 0) is 9.59 Å². The first-order chi connectivity index (χ1) is 14.4. The number of carbonyl (C=O) groups excluding carboxylic acids is 3. The standard InChI is InChI=1S/C19H15ClN4O4S2/c1-10(25)28-14-5-3-2-4-12(14)17-24(16(26)9-29-17)23-18(27)22-19-21-13-7-6-11(20)8-15(13)30-19/h2-8,17H,9H2,1H3,(H2,21,22,23,27). The van der Waals surface area contributed by atoms with Gasteiger partial charge in [0.15, 0.2) is 5.13 Å². The summed E-state index contributed by atoms with van der Waals surface area (Å²) in [7, 11) is 0. The minimum Gasteiger partial charge on any atom is -0.426 e. The van der Waals surface area contributed by atoms with Gasteiger partial charge in [-0.25, -0.2) is 20.2 Å². The zero-order valence-electron chi connectivity index (χ0n) is 15.5. The molecule has 0 spiro atoms. The van der Waals surface area contributed by atoms with Crippen LogP contribution in [0.15, 0.2) is 42.5 Å². The van der Waals surface area contributed by atoms with Gasteiger partial charge in [-0.05, 0) is 24.3 Å². The van der Waals surface area contributed by atoms with Gasteiger partial charge in [0, 0.05) is 17.5 Å². The number of ether oxygens (including phenoxy) is 1. The fourth-order valence-electron chi connectivity index (χ4n) is 2.89. The molecule has 1 saturated heterocycles. The normalized spacial score (nSPS) is 16.0. The number of thioether (sulfide) groups is 1. The van der Waals surface area contributed by atoms with Gasteiger partial charge in [-0.1, -0.05) is 41.1 Å². The molecular formula is C19H15ClN4O4S2. The molecule has 154 valence electrons. The zero-order valence-corrected chi connectivity index (χ0v) is 17.9. The van der Waals surface area contributed by atoms with E-state index in [1.54, 1.807) is 42.5 Å². The monoisotopic (exact) mass is 462 g/mol. The maximum Gasteiger partial charge on any atom is 0.339 e. The largest absolute Gasteiger partial charge is 0.426 e. The highest BCUT2D eigenvalue weighted by Gasteiger charge is 2.36. The van der Waals surface area contributed by atoms with Crippen LogP contribution in [0.2, 0.25) is 5.02 Å². The Morgan fingerprint density at radius 2 is 2.07 bits per heavy atom. The average Bonchev–Trinajstić information content (AvgIpc) is 3.24. The summed E-state index contributed by atoms with van der Waals surface area (Å²) in [6, 6.07) is 11.5. The highest BCUT2D eigenvalue weighted by atomic mass is 35.5. The second-order valence-corrected chi connectivity index (χ2v) is 8.79. The molecule has 1 atom stereocenters. The number of esters is 1. The Balaban J connectivity index is 1.51. The fraction of sp³-hybridized carbons (Fsp3) is 0.158. The minimum atomic E-state index is -0.606. The number of hydrogen-bond acceptors (Lipinski definition) is 7. The molecule has 3 aromatic rings. The number of nitrogens with one attached hydrogen (secondary N) is 2. The van der Waals surface area contributed by atoms with Crippen LogP contribution in [0.3, 0.4) is 0 Å². The zero-order chi connectivity index (χ0) is 21.3. The smallest absolute Gasteiger partial charge is 0.339 e. The fourth-order valence-corrected chi connectivity index (χ4v) is 5.16. The number of amides is 3. The van der Waals surface area contributed by atoms with Crippen molar-refractivity contribution < 1.29 is 19.1 Å². The molecule has 2 heterocycles. The van der Waals surface area contributed by atoms with Crippen molar-refractivity contribution in [2.24, 2.45) is 0 Å². The number of nitrogens with zero attached hydrogens (tertiary/aromatic N) is 2. The summed E-state index contributed by atoms with van der Waals surface area (Å²) in [4.78, 5) is 40.6. The quantitative estimate of drug-likeness (QED) is 0.445. The molecule has 4 rings (SSSR count). The summed E-state index contributed by atoms with van der Waals surface area (Å²) < 4.78 is 6.08. The lowest BCUT2D eigenvalue weighted by molar-refractivity contribution is -0.131. The molecular weight excluding hydrogens is 448 g/mol. The van der Waals surface area contributed by atoms with Crippen LogP contribution in [0, 0.1) is 0 Å². The molecule has 3 amide bonds. The summed E-state index contributed by atoms with van der Waals surface area (Å²) in [6.07, 6.45) is 0. The molecule has 0 aliphatic carbocycles. The molecule has 0 radical (unpaired) electrons. The van der Waals surface area contributed by atoms with E-state index in [0.717, 1.165) is 4.70 Å². The van der Waals surface area contributed by atoms with Crippen molar-refractivity contribution in [3.8, 4) is 5.75 Å². The lowest BCUT2D eigenvalue weighted by Crippen LogP contribution is -2.46.